The summed E-state index contributed by atoms with van der Waals surface area (Å²) in [6.07, 6.45) is 0.893. The number of rotatable bonds is 3. The molecule has 0 spiro atoms. The molecule has 1 aliphatic rings. The summed E-state index contributed by atoms with van der Waals surface area (Å²) in [7, 11) is -2.72. The van der Waals surface area contributed by atoms with Crippen LogP contribution in [0, 0.1) is 0 Å². The first kappa shape index (κ1) is 12.9. The van der Waals surface area contributed by atoms with Crippen LogP contribution in [0.15, 0.2) is 33.5 Å². The Bertz CT molecular complexity index is 555. The molecule has 18 heavy (non-hydrogen) atoms. The molecule has 1 aromatic rings. The lowest BCUT2D eigenvalue weighted by molar-refractivity contribution is 0.164. The molecule has 0 bridgehead atoms. The number of carbonyl (C=O) groups excluding carboxylic acids is 1. The summed E-state index contributed by atoms with van der Waals surface area (Å²) in [6, 6.07) is 6.66. The fourth-order valence-corrected chi connectivity index (χ4v) is 3.85. The summed E-state index contributed by atoms with van der Waals surface area (Å²) in [5.74, 6) is 0. The molecule has 1 atom stereocenters. The van der Waals surface area contributed by atoms with E-state index in [4.69, 9.17) is 10.5 Å². The molecule has 0 radical (unpaired) electrons. The largest absolute Gasteiger partial charge is 0.448 e. The van der Waals surface area contributed by atoms with Crippen LogP contribution in [0.2, 0.25) is 0 Å². The van der Waals surface area contributed by atoms with Crippen molar-refractivity contribution in [1.82, 2.24) is 0 Å². The number of ether oxygens (including phenoxy) is 1. The van der Waals surface area contributed by atoms with Crippen LogP contribution in [-0.4, -0.2) is 22.2 Å². The van der Waals surface area contributed by atoms with E-state index in [2.05, 4.69) is 4.36 Å². The van der Waals surface area contributed by atoms with Gasteiger partial charge in [0.15, 0.2) is 0 Å². The number of carbonyl (C=O) groups is 1. The van der Waals surface area contributed by atoms with Crippen molar-refractivity contribution in [3.63, 3.8) is 0 Å². The Morgan fingerprint density at radius 1 is 1.44 bits per heavy atom. The molecule has 1 fully saturated rings. The minimum Gasteiger partial charge on any atom is -0.448 e. The van der Waals surface area contributed by atoms with Crippen molar-refractivity contribution in [2.24, 2.45) is 4.36 Å². The topological polar surface area (TPSA) is 81.8 Å². The molecule has 5 nitrogen and oxygen atoms in total. The second-order valence-electron chi connectivity index (χ2n) is 4.13. The number of hydrogen-bond acceptors (Lipinski definition) is 4. The summed E-state index contributed by atoms with van der Waals surface area (Å²) < 4.78 is 21.4. The molecule has 98 valence electrons. The fourth-order valence-electron chi connectivity index (χ4n) is 1.63. The summed E-state index contributed by atoms with van der Waals surface area (Å²) in [5.41, 5.74) is 6.19. The number of hydrogen-bond donors (Lipinski definition) is 1. The van der Waals surface area contributed by atoms with Gasteiger partial charge in [-0.25, -0.2) is 9.00 Å². The van der Waals surface area contributed by atoms with Gasteiger partial charge in [-0.3, -0.25) is 0 Å². The first-order chi connectivity index (χ1) is 8.56. The van der Waals surface area contributed by atoms with E-state index in [1.165, 1.54) is 0 Å². The van der Waals surface area contributed by atoms with Gasteiger partial charge < -0.3 is 10.5 Å². The smallest absolute Gasteiger partial charge is 0.442 e. The normalized spacial score (nSPS) is 17.8. The van der Waals surface area contributed by atoms with E-state index in [1.807, 2.05) is 0 Å². The highest BCUT2D eigenvalue weighted by Crippen LogP contribution is 2.35. The van der Waals surface area contributed by atoms with Crippen LogP contribution in [0.1, 0.15) is 19.8 Å². The third-order valence-corrected chi connectivity index (χ3v) is 5.41. The van der Waals surface area contributed by atoms with Gasteiger partial charge in [0.2, 0.25) is 0 Å². The van der Waals surface area contributed by atoms with Crippen LogP contribution < -0.4 is 5.73 Å². The predicted molar refractivity (Wildman–Crippen MR) is 69.7 cm³/mol. The Kier molecular flexibility index (Phi) is 3.56. The van der Waals surface area contributed by atoms with Crippen molar-refractivity contribution in [2.45, 2.75) is 29.9 Å². The second-order valence-corrected chi connectivity index (χ2v) is 6.59. The molecule has 2 N–H and O–H groups in total. The highest BCUT2D eigenvalue weighted by molar-refractivity contribution is 7.94. The van der Waals surface area contributed by atoms with Gasteiger partial charge in [-0.05, 0) is 44.0 Å². The number of benzene rings is 1. The summed E-state index contributed by atoms with van der Waals surface area (Å²) in [5, 5.41) is -0.0504. The average molecular weight is 268 g/mol. The Morgan fingerprint density at radius 3 is 2.56 bits per heavy atom. The van der Waals surface area contributed by atoms with Gasteiger partial charge in [-0.1, -0.05) is 0 Å². The average Bonchev–Trinajstić information content (AvgIpc) is 3.13. The molecule has 2 rings (SSSR count). The summed E-state index contributed by atoms with van der Waals surface area (Å²) >= 11 is 0. The van der Waals surface area contributed by atoms with Crippen molar-refractivity contribution in [3.8, 4) is 0 Å². The Hall–Kier alpha value is -1.56. The third-order valence-electron chi connectivity index (χ3n) is 2.67. The van der Waals surface area contributed by atoms with Crippen molar-refractivity contribution in [2.75, 3.05) is 12.3 Å². The third kappa shape index (κ3) is 2.64. The Balaban J connectivity index is 2.41. The zero-order chi connectivity index (χ0) is 13.2. The van der Waals surface area contributed by atoms with Gasteiger partial charge in [-0.2, -0.15) is 0 Å². The fraction of sp³-hybridized carbons (Fsp3) is 0.417. The molecule has 6 heteroatoms. The standard InChI is InChI=1S/C12H16N2O3S/c1-2-17-12(15)14-18(16,11-7-8-11)10-5-3-9(13)4-6-10/h3-6,11H,2,7-8,13H2,1H3. The first-order valence-electron chi connectivity index (χ1n) is 5.84. The van der Waals surface area contributed by atoms with Crippen LogP contribution in [0.25, 0.3) is 0 Å². The van der Waals surface area contributed by atoms with Gasteiger partial charge in [0.25, 0.3) is 0 Å². The summed E-state index contributed by atoms with van der Waals surface area (Å²) in [4.78, 5) is 12.0. The van der Waals surface area contributed by atoms with Gasteiger partial charge in [0.1, 0.15) is 0 Å². The zero-order valence-electron chi connectivity index (χ0n) is 10.2. The summed E-state index contributed by atoms with van der Waals surface area (Å²) in [6.45, 7) is 1.92. The van der Waals surface area contributed by atoms with Gasteiger partial charge >= 0.3 is 6.09 Å². The molecule has 1 amide bonds. The van der Waals surface area contributed by atoms with E-state index in [9.17, 15) is 9.00 Å². The van der Waals surface area contributed by atoms with E-state index in [0.29, 0.717) is 10.6 Å². The molecular formula is C12H16N2O3S. The quantitative estimate of drug-likeness (QED) is 0.853. The highest BCUT2D eigenvalue weighted by Gasteiger charge is 2.36. The van der Waals surface area contributed by atoms with E-state index >= 15 is 0 Å². The number of amides is 1. The lowest BCUT2D eigenvalue weighted by atomic mass is 10.3. The van der Waals surface area contributed by atoms with Crippen LogP contribution in [0.3, 0.4) is 0 Å². The molecule has 0 saturated heterocycles. The van der Waals surface area contributed by atoms with Crippen molar-refractivity contribution in [1.29, 1.82) is 0 Å². The second kappa shape index (κ2) is 4.97. The van der Waals surface area contributed by atoms with Gasteiger partial charge in [0, 0.05) is 15.8 Å². The van der Waals surface area contributed by atoms with Crippen molar-refractivity contribution >= 4 is 21.5 Å². The van der Waals surface area contributed by atoms with E-state index in [0.717, 1.165) is 12.8 Å². The Labute approximate surface area is 107 Å². The Morgan fingerprint density at radius 2 is 2.06 bits per heavy atom. The minimum absolute atomic E-state index is 0.0504. The number of nitrogens with two attached hydrogens (primary N) is 1. The molecule has 1 saturated carbocycles. The first-order valence-corrected chi connectivity index (χ1v) is 7.42. The molecule has 0 aliphatic heterocycles. The molecule has 1 aliphatic carbocycles. The van der Waals surface area contributed by atoms with Gasteiger partial charge in [-0.15, -0.1) is 4.36 Å². The molecule has 0 aromatic heterocycles. The van der Waals surface area contributed by atoms with Gasteiger partial charge in [0.05, 0.1) is 16.3 Å². The molecule has 1 unspecified atom stereocenters. The predicted octanol–water partition coefficient (Wildman–Crippen LogP) is 2.41. The number of nitrogens with zero attached hydrogens (tertiary/aromatic N) is 1. The molecular weight excluding hydrogens is 252 g/mol. The van der Waals surface area contributed by atoms with Crippen molar-refractivity contribution < 1.29 is 13.7 Å². The lowest BCUT2D eigenvalue weighted by Crippen LogP contribution is -2.11. The number of anilines is 1. The van der Waals surface area contributed by atoms with Crippen LogP contribution >= 0.6 is 0 Å². The zero-order valence-corrected chi connectivity index (χ0v) is 11.0. The van der Waals surface area contributed by atoms with Crippen LogP contribution in [0.4, 0.5) is 10.5 Å². The van der Waals surface area contributed by atoms with E-state index < -0.39 is 15.8 Å². The monoisotopic (exact) mass is 268 g/mol. The van der Waals surface area contributed by atoms with Crippen LogP contribution in [0.5, 0.6) is 0 Å². The SMILES string of the molecule is CCOC(=O)N=S(=O)(c1ccc(N)cc1)C1CC1. The maximum absolute atomic E-state index is 12.8. The number of nitrogen functional groups attached to an aromatic ring is 1. The lowest BCUT2D eigenvalue weighted by Gasteiger charge is -2.09. The van der Waals surface area contributed by atoms with Crippen molar-refractivity contribution in [3.05, 3.63) is 24.3 Å². The van der Waals surface area contributed by atoms with Crippen LogP contribution in [-0.2, 0) is 14.5 Å². The van der Waals surface area contributed by atoms with E-state index in [-0.39, 0.29) is 11.9 Å². The van der Waals surface area contributed by atoms with E-state index in [1.54, 1.807) is 31.2 Å². The minimum atomic E-state index is -2.72. The maximum atomic E-state index is 12.8. The molecule has 1 aromatic carbocycles. The molecule has 0 heterocycles. The highest BCUT2D eigenvalue weighted by atomic mass is 32.2. The maximum Gasteiger partial charge on any atom is 0.442 e.